The molecule has 1 atom stereocenters. The van der Waals surface area contributed by atoms with Gasteiger partial charge in [0.15, 0.2) is 5.65 Å². The molecule has 0 radical (unpaired) electrons. The zero-order chi connectivity index (χ0) is 15.1. The fourth-order valence-corrected chi connectivity index (χ4v) is 2.58. The van der Waals surface area contributed by atoms with Crippen LogP contribution in [0.15, 0.2) is 30.3 Å². The average Bonchev–Trinajstić information content (AvgIpc) is 2.76. The quantitative estimate of drug-likeness (QED) is 0.654. The number of hydrogen-bond donors (Lipinski definition) is 0. The molecule has 0 saturated heterocycles. The number of aryl methyl sites for hydroxylation is 2. The molecule has 0 fully saturated rings. The van der Waals surface area contributed by atoms with Gasteiger partial charge in [-0.25, -0.2) is 14.4 Å². The Labute approximate surface area is 127 Å². The van der Waals surface area contributed by atoms with Crippen LogP contribution in [0.25, 0.3) is 16.9 Å². The van der Waals surface area contributed by atoms with Gasteiger partial charge in [-0.1, -0.05) is 0 Å². The van der Waals surface area contributed by atoms with E-state index in [0.29, 0.717) is 17.2 Å². The van der Waals surface area contributed by atoms with Crippen molar-refractivity contribution in [2.45, 2.75) is 26.1 Å². The summed E-state index contributed by atoms with van der Waals surface area (Å²) in [4.78, 5) is 9.07. The minimum Gasteiger partial charge on any atom is -0.279 e. The maximum atomic E-state index is 13.7. The van der Waals surface area contributed by atoms with Crippen LogP contribution in [0.1, 0.15) is 29.4 Å². The van der Waals surface area contributed by atoms with Gasteiger partial charge in [0.05, 0.1) is 11.1 Å². The van der Waals surface area contributed by atoms with Crippen molar-refractivity contribution in [1.29, 1.82) is 0 Å². The third-order valence-electron chi connectivity index (χ3n) is 3.31. The Morgan fingerprint density at radius 3 is 2.57 bits per heavy atom. The van der Waals surface area contributed by atoms with Crippen LogP contribution in [-0.4, -0.2) is 14.5 Å². The van der Waals surface area contributed by atoms with E-state index in [0.717, 1.165) is 16.8 Å². The van der Waals surface area contributed by atoms with Crippen molar-refractivity contribution in [2.75, 3.05) is 0 Å². The van der Waals surface area contributed by atoms with Crippen molar-refractivity contribution in [3.05, 3.63) is 53.2 Å². The molecule has 2 aromatic heterocycles. The monoisotopic (exact) mass is 303 g/mol. The van der Waals surface area contributed by atoms with Gasteiger partial charge in [0, 0.05) is 5.69 Å². The summed E-state index contributed by atoms with van der Waals surface area (Å²) in [6.45, 7) is 5.61. The standard InChI is InChI=1S/C16H15ClFN3/c1-9-6-12(18)8-13(7-9)21-15(11(3)17)20-14-5-4-10(2)19-16(14)21/h4-8,11H,1-3H3. The summed E-state index contributed by atoms with van der Waals surface area (Å²) in [6, 6.07) is 8.67. The van der Waals surface area contributed by atoms with Crippen LogP contribution < -0.4 is 0 Å². The number of alkyl halides is 1. The van der Waals surface area contributed by atoms with Gasteiger partial charge in [-0.3, -0.25) is 4.57 Å². The second-order valence-electron chi connectivity index (χ2n) is 5.20. The molecule has 1 unspecified atom stereocenters. The Morgan fingerprint density at radius 1 is 1.14 bits per heavy atom. The van der Waals surface area contributed by atoms with E-state index < -0.39 is 0 Å². The zero-order valence-electron chi connectivity index (χ0n) is 12.1. The molecule has 3 aromatic rings. The highest BCUT2D eigenvalue weighted by molar-refractivity contribution is 6.20. The van der Waals surface area contributed by atoms with Gasteiger partial charge < -0.3 is 0 Å². The minimum atomic E-state index is -0.303. The third-order valence-corrected chi connectivity index (χ3v) is 3.51. The van der Waals surface area contributed by atoms with Gasteiger partial charge in [-0.15, -0.1) is 11.6 Å². The van der Waals surface area contributed by atoms with Gasteiger partial charge in [0.2, 0.25) is 0 Å². The van der Waals surface area contributed by atoms with Crippen LogP contribution in [0.4, 0.5) is 4.39 Å². The van der Waals surface area contributed by atoms with Crippen molar-refractivity contribution in [1.82, 2.24) is 14.5 Å². The molecule has 21 heavy (non-hydrogen) atoms. The average molecular weight is 304 g/mol. The van der Waals surface area contributed by atoms with E-state index in [1.165, 1.54) is 12.1 Å². The molecule has 3 nitrogen and oxygen atoms in total. The molecule has 0 aliphatic rings. The molecule has 0 aliphatic heterocycles. The number of halogens is 2. The third kappa shape index (κ3) is 2.51. The highest BCUT2D eigenvalue weighted by atomic mass is 35.5. The molecule has 0 bridgehead atoms. The minimum absolute atomic E-state index is 0.285. The van der Waals surface area contributed by atoms with E-state index in [4.69, 9.17) is 11.6 Å². The van der Waals surface area contributed by atoms with Crippen molar-refractivity contribution < 1.29 is 4.39 Å². The van der Waals surface area contributed by atoms with E-state index in [-0.39, 0.29) is 11.2 Å². The van der Waals surface area contributed by atoms with E-state index >= 15 is 0 Å². The normalized spacial score (nSPS) is 12.8. The zero-order valence-corrected chi connectivity index (χ0v) is 12.8. The molecule has 0 amide bonds. The number of aromatic nitrogens is 3. The fraction of sp³-hybridized carbons (Fsp3) is 0.250. The molecular weight excluding hydrogens is 289 g/mol. The molecule has 2 heterocycles. The van der Waals surface area contributed by atoms with Gasteiger partial charge in [-0.05, 0) is 56.7 Å². The second kappa shape index (κ2) is 5.11. The molecule has 1 aromatic carbocycles. The second-order valence-corrected chi connectivity index (χ2v) is 5.86. The van der Waals surface area contributed by atoms with E-state index in [9.17, 15) is 4.39 Å². The number of rotatable bonds is 2. The first kappa shape index (κ1) is 14.0. The largest absolute Gasteiger partial charge is 0.279 e. The lowest BCUT2D eigenvalue weighted by Crippen LogP contribution is -2.04. The maximum Gasteiger partial charge on any atom is 0.164 e. The molecule has 5 heteroatoms. The Bertz CT molecular complexity index is 803. The summed E-state index contributed by atoms with van der Waals surface area (Å²) in [5.41, 5.74) is 3.86. The van der Waals surface area contributed by atoms with Crippen LogP contribution >= 0.6 is 11.6 Å². The summed E-state index contributed by atoms with van der Waals surface area (Å²) in [6.07, 6.45) is 0. The first-order valence-corrected chi connectivity index (χ1v) is 7.17. The molecule has 0 saturated carbocycles. The Balaban J connectivity index is 2.38. The highest BCUT2D eigenvalue weighted by Crippen LogP contribution is 2.28. The molecule has 0 spiro atoms. The maximum absolute atomic E-state index is 13.7. The lowest BCUT2D eigenvalue weighted by Gasteiger charge is -2.11. The van der Waals surface area contributed by atoms with Crippen LogP contribution in [0.2, 0.25) is 0 Å². The van der Waals surface area contributed by atoms with E-state index in [1.54, 1.807) is 0 Å². The fourth-order valence-electron chi connectivity index (χ4n) is 2.44. The molecule has 0 aliphatic carbocycles. The number of pyridine rings is 1. The van der Waals surface area contributed by atoms with Crippen molar-refractivity contribution in [2.24, 2.45) is 0 Å². The van der Waals surface area contributed by atoms with Crippen LogP contribution in [0.5, 0.6) is 0 Å². The lowest BCUT2D eigenvalue weighted by molar-refractivity contribution is 0.625. The van der Waals surface area contributed by atoms with E-state index in [1.807, 2.05) is 43.5 Å². The van der Waals surface area contributed by atoms with Gasteiger partial charge in [-0.2, -0.15) is 0 Å². The number of hydrogen-bond acceptors (Lipinski definition) is 2. The number of fused-ring (bicyclic) bond motifs is 1. The lowest BCUT2D eigenvalue weighted by atomic mass is 10.2. The summed E-state index contributed by atoms with van der Waals surface area (Å²) >= 11 is 6.24. The van der Waals surface area contributed by atoms with Crippen LogP contribution in [-0.2, 0) is 0 Å². The molecule has 108 valence electrons. The topological polar surface area (TPSA) is 30.7 Å². The first-order chi connectivity index (χ1) is 9.95. The number of benzene rings is 1. The highest BCUT2D eigenvalue weighted by Gasteiger charge is 2.18. The predicted octanol–water partition coefficient (Wildman–Crippen LogP) is 4.48. The predicted molar refractivity (Wildman–Crippen MR) is 82.6 cm³/mol. The van der Waals surface area contributed by atoms with Crippen LogP contribution in [0.3, 0.4) is 0 Å². The Morgan fingerprint density at radius 2 is 1.90 bits per heavy atom. The van der Waals surface area contributed by atoms with Gasteiger partial charge in [0.25, 0.3) is 0 Å². The smallest absolute Gasteiger partial charge is 0.164 e. The molecule has 3 rings (SSSR count). The summed E-state index contributed by atoms with van der Waals surface area (Å²) in [5, 5.41) is -0.303. The van der Waals surface area contributed by atoms with Gasteiger partial charge in [0.1, 0.15) is 17.2 Å². The molecule has 0 N–H and O–H groups in total. The number of imidazole rings is 1. The summed E-state index contributed by atoms with van der Waals surface area (Å²) < 4.78 is 15.6. The Kier molecular flexibility index (Phi) is 3.41. The van der Waals surface area contributed by atoms with Crippen molar-refractivity contribution in [3.8, 4) is 5.69 Å². The SMILES string of the molecule is Cc1cc(F)cc(-n2c(C(C)Cl)nc3ccc(C)nc32)c1. The summed E-state index contributed by atoms with van der Waals surface area (Å²) in [5.74, 6) is 0.377. The first-order valence-electron chi connectivity index (χ1n) is 6.73. The Hall–Kier alpha value is -1.94. The van der Waals surface area contributed by atoms with Crippen LogP contribution in [0, 0.1) is 19.7 Å². The summed E-state index contributed by atoms with van der Waals surface area (Å²) in [7, 11) is 0. The van der Waals surface area contributed by atoms with E-state index in [2.05, 4.69) is 9.97 Å². The number of nitrogens with zero attached hydrogens (tertiary/aromatic N) is 3. The van der Waals surface area contributed by atoms with Gasteiger partial charge >= 0.3 is 0 Å². The van der Waals surface area contributed by atoms with Crippen molar-refractivity contribution >= 4 is 22.8 Å². The molecular formula is C16H15ClFN3. The van der Waals surface area contributed by atoms with Crippen molar-refractivity contribution in [3.63, 3.8) is 0 Å².